The summed E-state index contributed by atoms with van der Waals surface area (Å²) < 4.78 is 35.0. The Morgan fingerprint density at radius 1 is 1.28 bits per heavy atom. The van der Waals surface area contributed by atoms with Crippen LogP contribution in [0.1, 0.15) is 10.8 Å². The van der Waals surface area contributed by atoms with E-state index in [9.17, 15) is 13.6 Å². The van der Waals surface area contributed by atoms with Gasteiger partial charge in [-0.3, -0.25) is 4.79 Å². The Bertz CT molecular complexity index is 817. The van der Waals surface area contributed by atoms with E-state index in [1.165, 1.54) is 26.3 Å². The van der Waals surface area contributed by atoms with Gasteiger partial charge in [0.1, 0.15) is 16.0 Å². The van der Waals surface area contributed by atoms with Gasteiger partial charge in [-0.25, -0.2) is 4.68 Å². The maximum atomic E-state index is 12.5. The fourth-order valence-corrected chi connectivity index (χ4v) is 3.35. The highest BCUT2D eigenvalue weighted by atomic mass is 35.5. The van der Waals surface area contributed by atoms with E-state index in [1.807, 2.05) is 0 Å². The third-order valence-corrected chi connectivity index (χ3v) is 4.67. The van der Waals surface area contributed by atoms with Crippen molar-refractivity contribution < 1.29 is 23.0 Å². The van der Waals surface area contributed by atoms with Crippen molar-refractivity contribution in [2.75, 3.05) is 7.11 Å². The highest BCUT2D eigenvalue weighted by Crippen LogP contribution is 2.42. The van der Waals surface area contributed by atoms with Gasteiger partial charge in [0.2, 0.25) is 5.88 Å². The molecule has 0 fully saturated rings. The number of carbonyl (C=O) groups is 1. The van der Waals surface area contributed by atoms with Crippen LogP contribution in [0.3, 0.4) is 0 Å². The number of carbonyl (C=O) groups excluding carboxylic acids is 1. The maximum absolute atomic E-state index is 12.5. The summed E-state index contributed by atoms with van der Waals surface area (Å²) in [5, 5.41) is 3.24. The van der Waals surface area contributed by atoms with Crippen molar-refractivity contribution in [3.05, 3.63) is 32.8 Å². The van der Waals surface area contributed by atoms with E-state index in [2.05, 4.69) is 27.2 Å². The minimum atomic E-state index is -3.07. The van der Waals surface area contributed by atoms with Crippen LogP contribution in [0.4, 0.5) is 8.78 Å². The van der Waals surface area contributed by atoms with E-state index in [-0.39, 0.29) is 32.2 Å². The van der Waals surface area contributed by atoms with Gasteiger partial charge in [-0.1, -0.05) is 34.8 Å². The second kappa shape index (κ2) is 7.99. The number of rotatable bonds is 5. The highest BCUT2D eigenvalue weighted by molar-refractivity contribution is 7.81. The molecular weight excluding hydrogens is 421 g/mol. The first-order chi connectivity index (χ1) is 11.7. The monoisotopic (exact) mass is 430 g/mol. The number of methoxy groups -OCH3 is 1. The number of hydrogen-bond acceptors (Lipinski definition) is 5. The van der Waals surface area contributed by atoms with E-state index in [0.717, 1.165) is 4.68 Å². The van der Waals surface area contributed by atoms with Gasteiger partial charge in [-0.05, 0) is 17.7 Å². The van der Waals surface area contributed by atoms with Crippen molar-refractivity contribution in [1.29, 1.82) is 0 Å². The van der Waals surface area contributed by atoms with Gasteiger partial charge in [0.05, 0.1) is 12.1 Å². The van der Waals surface area contributed by atoms with Crippen molar-refractivity contribution in [2.45, 2.75) is 11.9 Å². The number of halogens is 5. The molecule has 0 N–H and O–H groups in total. The van der Waals surface area contributed by atoms with Gasteiger partial charge in [0, 0.05) is 17.6 Å². The summed E-state index contributed by atoms with van der Waals surface area (Å²) >= 11 is 22.5. The standard InChI is InChI=1S/C14H11Cl3F2N2O3S/c1-21-12(24-14(18)19)9(17)10(20-21)5-3-6(8(16)4-7(5)15)11(25)13(22)23-2/h3-4,11,14,25H,1-2H3. The molecule has 0 aliphatic carbocycles. The van der Waals surface area contributed by atoms with Crippen molar-refractivity contribution in [2.24, 2.45) is 7.05 Å². The van der Waals surface area contributed by atoms with E-state index < -0.39 is 17.8 Å². The average Bonchev–Trinajstić information content (AvgIpc) is 2.81. The Hall–Kier alpha value is -1.22. The Kier molecular flexibility index (Phi) is 6.42. The molecule has 1 heterocycles. The second-order valence-corrected chi connectivity index (χ2v) is 6.46. The van der Waals surface area contributed by atoms with Crippen LogP contribution in [-0.2, 0) is 16.6 Å². The molecule has 136 valence electrons. The summed E-state index contributed by atoms with van der Waals surface area (Å²) in [7, 11) is 2.59. The largest absolute Gasteiger partial charge is 0.468 e. The number of ether oxygens (including phenoxy) is 2. The van der Waals surface area contributed by atoms with E-state index in [4.69, 9.17) is 34.8 Å². The predicted octanol–water partition coefficient (Wildman–Crippen LogP) is 4.79. The van der Waals surface area contributed by atoms with Crippen LogP contribution < -0.4 is 4.74 Å². The molecule has 11 heteroatoms. The highest BCUT2D eigenvalue weighted by Gasteiger charge is 2.25. The van der Waals surface area contributed by atoms with E-state index in [1.54, 1.807) is 0 Å². The fourth-order valence-electron chi connectivity index (χ4n) is 2.06. The van der Waals surface area contributed by atoms with Crippen molar-refractivity contribution in [3.8, 4) is 17.1 Å². The van der Waals surface area contributed by atoms with Gasteiger partial charge in [0.25, 0.3) is 0 Å². The van der Waals surface area contributed by atoms with Crippen LogP contribution in [0.15, 0.2) is 12.1 Å². The SMILES string of the molecule is COC(=O)C(S)c1cc(-c2nn(C)c(OC(F)F)c2Cl)c(Cl)cc1Cl. The number of aryl methyl sites for hydroxylation is 1. The topological polar surface area (TPSA) is 53.3 Å². The lowest BCUT2D eigenvalue weighted by molar-refractivity contribution is -0.140. The zero-order valence-electron chi connectivity index (χ0n) is 12.8. The van der Waals surface area contributed by atoms with Crippen LogP contribution in [0.2, 0.25) is 15.1 Å². The number of alkyl halides is 2. The number of hydrogen-bond donors (Lipinski definition) is 1. The quantitative estimate of drug-likeness (QED) is 0.546. The van der Waals surface area contributed by atoms with Crippen LogP contribution in [0, 0.1) is 0 Å². The molecular formula is C14H11Cl3F2N2O3S. The molecule has 2 rings (SSSR count). The molecule has 1 aromatic carbocycles. The van der Waals surface area contributed by atoms with Crippen molar-refractivity contribution in [1.82, 2.24) is 9.78 Å². The fraction of sp³-hybridized carbons (Fsp3) is 0.286. The van der Waals surface area contributed by atoms with Crippen LogP contribution in [-0.4, -0.2) is 29.5 Å². The lowest BCUT2D eigenvalue weighted by Gasteiger charge is -2.13. The van der Waals surface area contributed by atoms with Crippen molar-refractivity contribution in [3.63, 3.8) is 0 Å². The summed E-state index contributed by atoms with van der Waals surface area (Å²) in [6.45, 7) is -3.07. The number of esters is 1. The van der Waals surface area contributed by atoms with Gasteiger partial charge < -0.3 is 9.47 Å². The van der Waals surface area contributed by atoms with E-state index in [0.29, 0.717) is 5.56 Å². The van der Waals surface area contributed by atoms with Gasteiger partial charge in [-0.2, -0.15) is 26.5 Å². The molecule has 0 aliphatic rings. The molecule has 0 saturated heterocycles. The summed E-state index contributed by atoms with van der Waals surface area (Å²) in [5.41, 5.74) is 0.663. The molecule has 0 spiro atoms. The summed E-state index contributed by atoms with van der Waals surface area (Å²) in [4.78, 5) is 11.7. The number of thiol groups is 1. The number of nitrogens with zero attached hydrogens (tertiary/aromatic N) is 2. The minimum Gasteiger partial charge on any atom is -0.468 e. The van der Waals surface area contributed by atoms with Crippen LogP contribution in [0.5, 0.6) is 5.88 Å². The smallest absolute Gasteiger partial charge is 0.388 e. The first-order valence-electron chi connectivity index (χ1n) is 6.59. The molecule has 1 atom stereocenters. The summed E-state index contributed by atoms with van der Waals surface area (Å²) in [5.74, 6) is -0.957. The minimum absolute atomic E-state index is 0.0909. The Labute approximate surface area is 162 Å². The second-order valence-electron chi connectivity index (χ2n) is 4.75. The maximum Gasteiger partial charge on any atom is 0.388 e. The number of benzene rings is 1. The van der Waals surface area contributed by atoms with Gasteiger partial charge in [-0.15, -0.1) is 0 Å². The zero-order chi connectivity index (χ0) is 18.9. The normalized spacial score (nSPS) is 12.4. The number of aromatic nitrogens is 2. The molecule has 5 nitrogen and oxygen atoms in total. The molecule has 1 unspecified atom stereocenters. The molecule has 0 saturated carbocycles. The molecule has 1 aromatic heterocycles. The Morgan fingerprint density at radius 3 is 2.48 bits per heavy atom. The van der Waals surface area contributed by atoms with Crippen molar-refractivity contribution >= 4 is 53.4 Å². The lowest BCUT2D eigenvalue weighted by Crippen LogP contribution is -2.09. The van der Waals surface area contributed by atoms with Gasteiger partial charge >= 0.3 is 12.6 Å². The third kappa shape index (κ3) is 4.13. The third-order valence-electron chi connectivity index (χ3n) is 3.20. The molecule has 2 aromatic rings. The average molecular weight is 432 g/mol. The first-order valence-corrected chi connectivity index (χ1v) is 8.24. The molecule has 25 heavy (non-hydrogen) atoms. The predicted molar refractivity (Wildman–Crippen MR) is 94.0 cm³/mol. The summed E-state index contributed by atoms with van der Waals surface area (Å²) in [6.07, 6.45) is 0. The lowest BCUT2D eigenvalue weighted by atomic mass is 10.1. The molecule has 0 aliphatic heterocycles. The van der Waals surface area contributed by atoms with Crippen LogP contribution in [0.25, 0.3) is 11.3 Å². The first kappa shape index (κ1) is 20.1. The van der Waals surface area contributed by atoms with E-state index >= 15 is 0 Å². The molecule has 0 amide bonds. The molecule has 0 radical (unpaired) electrons. The van der Waals surface area contributed by atoms with Gasteiger partial charge in [0.15, 0.2) is 0 Å². The molecule has 0 bridgehead atoms. The summed E-state index contributed by atoms with van der Waals surface area (Å²) in [6, 6.07) is 2.82. The Morgan fingerprint density at radius 2 is 1.92 bits per heavy atom. The van der Waals surface area contributed by atoms with Crippen LogP contribution >= 0.6 is 47.4 Å². The zero-order valence-corrected chi connectivity index (χ0v) is 15.9. The Balaban J connectivity index is 2.59.